The zero-order valence-electron chi connectivity index (χ0n) is 22.4. The van der Waals surface area contributed by atoms with Crippen molar-refractivity contribution in [2.45, 2.75) is 0 Å². The van der Waals surface area contributed by atoms with Gasteiger partial charge in [-0.25, -0.2) is 9.97 Å². The minimum Gasteiger partial charge on any atom is -0.455 e. The van der Waals surface area contributed by atoms with E-state index in [2.05, 4.69) is 121 Å². The Morgan fingerprint density at radius 3 is 2.07 bits per heavy atom. The van der Waals surface area contributed by atoms with E-state index >= 15 is 0 Å². The van der Waals surface area contributed by atoms with Gasteiger partial charge in [0.05, 0.1) is 15.9 Å². The molecule has 0 unspecified atom stereocenters. The molecule has 6 aromatic carbocycles. The summed E-state index contributed by atoms with van der Waals surface area (Å²) < 4.78 is 8.93. The van der Waals surface area contributed by atoms with Crippen molar-refractivity contribution in [3.63, 3.8) is 0 Å². The number of aromatic nitrogens is 2. The van der Waals surface area contributed by atoms with E-state index in [0.717, 1.165) is 65.5 Å². The highest BCUT2D eigenvalue weighted by Crippen LogP contribution is 2.43. The van der Waals surface area contributed by atoms with Crippen molar-refractivity contribution in [1.82, 2.24) is 9.97 Å². The molecular weight excluding hydrogens is 532 g/mol. The molecule has 0 bridgehead atoms. The fourth-order valence-corrected chi connectivity index (χ4v) is 7.27. The first-order chi connectivity index (χ1) is 20.8. The molecule has 42 heavy (non-hydrogen) atoms. The lowest BCUT2D eigenvalue weighted by Crippen LogP contribution is -1.93. The second-order valence-electron chi connectivity index (χ2n) is 10.6. The molecule has 3 nitrogen and oxygen atoms in total. The van der Waals surface area contributed by atoms with Gasteiger partial charge in [0.25, 0.3) is 0 Å². The number of fused-ring (bicyclic) bond motifs is 7. The molecule has 9 rings (SSSR count). The summed E-state index contributed by atoms with van der Waals surface area (Å²) in [5.41, 5.74) is 8.03. The average Bonchev–Trinajstić information content (AvgIpc) is 3.61. The largest absolute Gasteiger partial charge is 0.455 e. The molecule has 0 amide bonds. The maximum Gasteiger partial charge on any atom is 0.160 e. The predicted molar refractivity (Wildman–Crippen MR) is 176 cm³/mol. The zero-order valence-corrected chi connectivity index (χ0v) is 23.2. The summed E-state index contributed by atoms with van der Waals surface area (Å²) in [5.74, 6) is 0.713. The second kappa shape index (κ2) is 9.10. The average molecular weight is 555 g/mol. The normalized spacial score (nSPS) is 11.8. The van der Waals surface area contributed by atoms with Crippen LogP contribution in [0.4, 0.5) is 0 Å². The van der Waals surface area contributed by atoms with Crippen LogP contribution in [-0.4, -0.2) is 9.97 Å². The highest BCUT2D eigenvalue weighted by molar-refractivity contribution is 7.26. The molecule has 0 aliphatic carbocycles. The fourth-order valence-electron chi connectivity index (χ4n) is 6.12. The predicted octanol–water partition coefficient (Wildman–Crippen LogP) is 10.9. The maximum absolute atomic E-state index is 6.61. The summed E-state index contributed by atoms with van der Waals surface area (Å²) in [5, 5.41) is 5.68. The summed E-state index contributed by atoms with van der Waals surface area (Å²) in [4.78, 5) is 10.4. The van der Waals surface area contributed by atoms with Crippen LogP contribution in [0.2, 0.25) is 0 Å². The molecule has 0 atom stereocenters. The van der Waals surface area contributed by atoms with Crippen LogP contribution in [0.1, 0.15) is 0 Å². The van der Waals surface area contributed by atoms with E-state index in [-0.39, 0.29) is 0 Å². The van der Waals surface area contributed by atoms with Gasteiger partial charge in [0.2, 0.25) is 0 Å². The molecule has 3 heterocycles. The fraction of sp³-hybridized carbons (Fsp3) is 0. The zero-order chi connectivity index (χ0) is 27.6. The van der Waals surface area contributed by atoms with E-state index < -0.39 is 0 Å². The number of thiophene rings is 1. The maximum atomic E-state index is 6.61. The van der Waals surface area contributed by atoms with Crippen LogP contribution in [-0.2, 0) is 0 Å². The molecule has 0 N–H and O–H groups in total. The van der Waals surface area contributed by atoms with E-state index in [0.29, 0.717) is 5.82 Å². The molecule has 196 valence electrons. The van der Waals surface area contributed by atoms with Crippen LogP contribution in [0.3, 0.4) is 0 Å². The van der Waals surface area contributed by atoms with Crippen molar-refractivity contribution < 1.29 is 4.42 Å². The first-order valence-electron chi connectivity index (χ1n) is 14.0. The third kappa shape index (κ3) is 3.52. The van der Waals surface area contributed by atoms with Crippen LogP contribution in [0.5, 0.6) is 0 Å². The van der Waals surface area contributed by atoms with Gasteiger partial charge in [-0.3, -0.25) is 0 Å². The molecule has 0 spiro atoms. The highest BCUT2D eigenvalue weighted by atomic mass is 32.1. The van der Waals surface area contributed by atoms with Crippen LogP contribution in [0, 0.1) is 0 Å². The van der Waals surface area contributed by atoms with Crippen LogP contribution < -0.4 is 0 Å². The Morgan fingerprint density at radius 1 is 0.524 bits per heavy atom. The van der Waals surface area contributed by atoms with E-state index in [1.165, 1.54) is 15.5 Å². The van der Waals surface area contributed by atoms with Gasteiger partial charge in [-0.2, -0.15) is 0 Å². The van der Waals surface area contributed by atoms with Gasteiger partial charge < -0.3 is 4.42 Å². The van der Waals surface area contributed by atoms with Crippen molar-refractivity contribution in [2.24, 2.45) is 0 Å². The molecule has 3 aromatic heterocycles. The van der Waals surface area contributed by atoms with Crippen molar-refractivity contribution in [2.75, 3.05) is 0 Å². The summed E-state index contributed by atoms with van der Waals surface area (Å²) >= 11 is 1.75. The Hall–Kier alpha value is -5.32. The second-order valence-corrected chi connectivity index (χ2v) is 11.6. The van der Waals surface area contributed by atoms with Gasteiger partial charge in [0, 0.05) is 37.5 Å². The molecular formula is C38H22N2OS. The molecule has 0 saturated heterocycles. The van der Waals surface area contributed by atoms with Crippen molar-refractivity contribution >= 4 is 64.4 Å². The first-order valence-corrected chi connectivity index (χ1v) is 14.8. The summed E-state index contributed by atoms with van der Waals surface area (Å²) in [7, 11) is 0. The molecule has 0 radical (unpaired) electrons. The van der Waals surface area contributed by atoms with Gasteiger partial charge in [0.15, 0.2) is 5.82 Å². The Labute approximate surface area is 245 Å². The van der Waals surface area contributed by atoms with Gasteiger partial charge in [-0.05, 0) is 46.7 Å². The van der Waals surface area contributed by atoms with E-state index in [1.807, 2.05) is 12.1 Å². The summed E-state index contributed by atoms with van der Waals surface area (Å²) in [6, 6.07) is 46.5. The Bertz CT molecular complexity index is 2460. The lowest BCUT2D eigenvalue weighted by molar-refractivity contribution is 0.670. The third-order valence-corrected chi connectivity index (χ3v) is 9.24. The smallest absolute Gasteiger partial charge is 0.160 e. The number of rotatable bonds is 3. The van der Waals surface area contributed by atoms with Crippen molar-refractivity contribution in [3.8, 4) is 33.8 Å². The minimum absolute atomic E-state index is 0.713. The van der Waals surface area contributed by atoms with Gasteiger partial charge in [-0.15, -0.1) is 11.3 Å². The van der Waals surface area contributed by atoms with Crippen LogP contribution >= 0.6 is 11.3 Å². The number of furan rings is 1. The lowest BCUT2D eigenvalue weighted by atomic mass is 9.95. The summed E-state index contributed by atoms with van der Waals surface area (Å²) in [6.45, 7) is 0. The molecule has 0 fully saturated rings. The first kappa shape index (κ1) is 23.4. The quantitative estimate of drug-likeness (QED) is 0.218. The Morgan fingerprint density at radius 2 is 1.24 bits per heavy atom. The van der Waals surface area contributed by atoms with Crippen LogP contribution in [0.15, 0.2) is 138 Å². The topological polar surface area (TPSA) is 38.9 Å². The van der Waals surface area contributed by atoms with E-state index in [9.17, 15) is 0 Å². The number of benzene rings is 6. The Balaban J connectivity index is 1.33. The lowest BCUT2D eigenvalue weighted by Gasteiger charge is -2.08. The molecule has 4 heteroatoms. The van der Waals surface area contributed by atoms with Gasteiger partial charge in [0.1, 0.15) is 11.2 Å². The third-order valence-electron chi connectivity index (χ3n) is 8.07. The highest BCUT2D eigenvalue weighted by Gasteiger charge is 2.19. The standard InChI is InChI=1S/C38H22N2OS/c1-3-11-23(12-4-1)33-27-16-8-7-15-25(27)21-30-29-22-26(19-20-31(29)41-36(30)33)38-39-34(24-13-5-2-6-14-24)37-35(40-38)28-17-9-10-18-32(28)42-37/h1-22H. The monoisotopic (exact) mass is 554 g/mol. The molecule has 0 aliphatic heterocycles. The number of hydrogen-bond acceptors (Lipinski definition) is 4. The van der Waals surface area contributed by atoms with E-state index in [1.54, 1.807) is 11.3 Å². The van der Waals surface area contributed by atoms with Gasteiger partial charge in [-0.1, -0.05) is 103 Å². The number of hydrogen-bond donors (Lipinski definition) is 0. The molecule has 0 aliphatic rings. The van der Waals surface area contributed by atoms with Crippen LogP contribution in [0.25, 0.3) is 86.8 Å². The van der Waals surface area contributed by atoms with Crippen molar-refractivity contribution in [1.29, 1.82) is 0 Å². The van der Waals surface area contributed by atoms with Gasteiger partial charge >= 0.3 is 0 Å². The number of nitrogens with zero attached hydrogens (tertiary/aromatic N) is 2. The summed E-state index contributed by atoms with van der Waals surface area (Å²) in [6.07, 6.45) is 0. The van der Waals surface area contributed by atoms with Crippen molar-refractivity contribution in [3.05, 3.63) is 133 Å². The van der Waals surface area contributed by atoms with E-state index in [4.69, 9.17) is 14.4 Å². The SMILES string of the molecule is c1ccc(-c2c3ccccc3cc3c2oc2ccc(-c4nc(-c5ccccc5)c5sc6ccccc6c5n4)cc23)cc1. The molecule has 9 aromatic rings. The molecule has 0 saturated carbocycles. The Kier molecular flexibility index (Phi) is 5.07. The minimum atomic E-state index is 0.713.